The van der Waals surface area contributed by atoms with Gasteiger partial charge in [0.05, 0.1) is 23.3 Å². The lowest BCUT2D eigenvalue weighted by molar-refractivity contribution is -0.114. The Hall–Kier alpha value is -2.90. The van der Waals surface area contributed by atoms with Crippen LogP contribution in [0.15, 0.2) is 42.6 Å². The molecule has 0 unspecified atom stereocenters. The summed E-state index contributed by atoms with van der Waals surface area (Å²) in [7, 11) is 1.55. The summed E-state index contributed by atoms with van der Waals surface area (Å²) < 4.78 is 11.5. The second-order valence-electron chi connectivity index (χ2n) is 7.68. The smallest absolute Gasteiger partial charge is 0.221 e. The van der Waals surface area contributed by atoms with Crippen molar-refractivity contribution in [3.63, 3.8) is 0 Å². The molecule has 0 aliphatic carbocycles. The standard InChI is InChI=1S/C24H24ClN3O3S/c1-15(29)27-21-13-18-20(14-23(21)30-2)26-8-7-22(18)31-17-6-5-16(19(25)12-17)11-24(32)28-9-3-4-10-28/h5-8,12-14H,3-4,9-11H2,1-2H3,(H,27,29). The first-order valence-electron chi connectivity index (χ1n) is 10.4. The summed E-state index contributed by atoms with van der Waals surface area (Å²) in [6, 6.07) is 11.0. The monoisotopic (exact) mass is 469 g/mol. The van der Waals surface area contributed by atoms with Crippen LogP contribution >= 0.6 is 23.8 Å². The van der Waals surface area contributed by atoms with Gasteiger partial charge in [-0.3, -0.25) is 9.78 Å². The summed E-state index contributed by atoms with van der Waals surface area (Å²) in [5.74, 6) is 1.54. The Balaban J connectivity index is 1.59. The first-order chi connectivity index (χ1) is 15.4. The summed E-state index contributed by atoms with van der Waals surface area (Å²) in [6.45, 7) is 3.50. The molecule has 0 radical (unpaired) electrons. The topological polar surface area (TPSA) is 63.7 Å². The largest absolute Gasteiger partial charge is 0.494 e. The molecule has 1 saturated heterocycles. The average molecular weight is 470 g/mol. The fourth-order valence-corrected chi connectivity index (χ4v) is 4.37. The number of thiocarbonyl (C=S) groups is 1. The van der Waals surface area contributed by atoms with Crippen LogP contribution in [-0.2, 0) is 11.2 Å². The minimum Gasteiger partial charge on any atom is -0.494 e. The van der Waals surface area contributed by atoms with E-state index in [1.54, 1.807) is 37.6 Å². The predicted octanol–water partition coefficient (Wildman–Crippen LogP) is 5.61. The van der Waals surface area contributed by atoms with Gasteiger partial charge in [0.15, 0.2) is 0 Å². The highest BCUT2D eigenvalue weighted by Gasteiger charge is 2.17. The third-order valence-corrected chi connectivity index (χ3v) is 6.14. The highest BCUT2D eigenvalue weighted by Crippen LogP contribution is 2.36. The predicted molar refractivity (Wildman–Crippen MR) is 131 cm³/mol. The number of likely N-dealkylation sites (tertiary alicyclic amines) is 1. The van der Waals surface area contributed by atoms with Crippen LogP contribution in [0, 0.1) is 0 Å². The second kappa shape index (κ2) is 9.71. The fraction of sp³-hybridized carbons (Fsp3) is 0.292. The number of carbonyl (C=O) groups excluding carboxylic acids is 1. The summed E-state index contributed by atoms with van der Waals surface area (Å²) >= 11 is 12.1. The first-order valence-corrected chi connectivity index (χ1v) is 11.2. The van der Waals surface area contributed by atoms with Crippen LogP contribution in [0.25, 0.3) is 10.9 Å². The molecule has 3 aromatic rings. The van der Waals surface area contributed by atoms with Gasteiger partial charge in [-0.1, -0.05) is 29.9 Å². The number of rotatable bonds is 6. The Morgan fingerprint density at radius 2 is 1.97 bits per heavy atom. The third-order valence-electron chi connectivity index (χ3n) is 5.39. The van der Waals surface area contributed by atoms with Crippen LogP contribution in [0.3, 0.4) is 0 Å². The zero-order valence-electron chi connectivity index (χ0n) is 18.0. The van der Waals surface area contributed by atoms with Crippen LogP contribution in [-0.4, -0.2) is 41.0 Å². The van der Waals surface area contributed by atoms with Gasteiger partial charge in [0.25, 0.3) is 0 Å². The van der Waals surface area contributed by atoms with E-state index in [2.05, 4.69) is 15.2 Å². The molecule has 0 bridgehead atoms. The fourth-order valence-electron chi connectivity index (χ4n) is 3.80. The molecular weight excluding hydrogens is 446 g/mol. The maximum absolute atomic E-state index is 11.6. The van der Waals surface area contributed by atoms with Crippen LogP contribution in [0.2, 0.25) is 5.02 Å². The lowest BCUT2D eigenvalue weighted by Crippen LogP contribution is -2.27. The molecule has 0 atom stereocenters. The van der Waals surface area contributed by atoms with E-state index < -0.39 is 0 Å². The molecule has 8 heteroatoms. The first kappa shape index (κ1) is 22.3. The number of carbonyl (C=O) groups is 1. The van der Waals surface area contributed by atoms with Gasteiger partial charge in [-0.25, -0.2) is 0 Å². The van der Waals surface area contributed by atoms with Gasteiger partial charge in [0.2, 0.25) is 5.91 Å². The average Bonchev–Trinajstić information content (AvgIpc) is 3.30. The molecule has 4 rings (SSSR count). The van der Waals surface area contributed by atoms with Crippen molar-refractivity contribution in [1.82, 2.24) is 9.88 Å². The molecule has 1 aromatic heterocycles. The molecular formula is C24H24ClN3O3S. The number of pyridine rings is 1. The second-order valence-corrected chi connectivity index (χ2v) is 8.56. The van der Waals surface area contributed by atoms with Crippen molar-refractivity contribution in [2.45, 2.75) is 26.2 Å². The molecule has 1 aliphatic heterocycles. The quantitative estimate of drug-likeness (QED) is 0.473. The van der Waals surface area contributed by atoms with Crippen LogP contribution in [0.4, 0.5) is 5.69 Å². The lowest BCUT2D eigenvalue weighted by atomic mass is 10.1. The van der Waals surface area contributed by atoms with Gasteiger partial charge >= 0.3 is 0 Å². The zero-order valence-corrected chi connectivity index (χ0v) is 19.6. The number of nitrogens with one attached hydrogen (secondary N) is 1. The Morgan fingerprint density at radius 1 is 1.19 bits per heavy atom. The maximum Gasteiger partial charge on any atom is 0.221 e. The van der Waals surface area contributed by atoms with E-state index in [-0.39, 0.29) is 5.91 Å². The molecule has 0 spiro atoms. The van der Waals surface area contributed by atoms with Crippen molar-refractivity contribution in [1.29, 1.82) is 0 Å². The van der Waals surface area contributed by atoms with E-state index in [1.165, 1.54) is 19.8 Å². The molecule has 2 heterocycles. The van der Waals surface area contributed by atoms with Gasteiger partial charge in [-0.15, -0.1) is 0 Å². The van der Waals surface area contributed by atoms with E-state index in [9.17, 15) is 4.79 Å². The van der Waals surface area contributed by atoms with Gasteiger partial charge in [0.1, 0.15) is 17.2 Å². The number of hydrogen-bond donors (Lipinski definition) is 1. The summed E-state index contributed by atoms with van der Waals surface area (Å²) in [5.41, 5.74) is 2.22. The number of aromatic nitrogens is 1. The minimum absolute atomic E-state index is 0.191. The Kier molecular flexibility index (Phi) is 6.77. The number of methoxy groups -OCH3 is 1. The molecule has 1 amide bonds. The van der Waals surface area contributed by atoms with Gasteiger partial charge in [-0.05, 0) is 42.7 Å². The molecule has 2 aromatic carbocycles. The Bertz CT molecular complexity index is 1180. The van der Waals surface area contributed by atoms with E-state index in [4.69, 9.17) is 33.3 Å². The summed E-state index contributed by atoms with van der Waals surface area (Å²) in [4.78, 5) is 19.2. The molecule has 6 nitrogen and oxygen atoms in total. The van der Waals surface area contributed by atoms with Gasteiger partial charge in [0, 0.05) is 49.1 Å². The number of hydrogen-bond acceptors (Lipinski definition) is 5. The Morgan fingerprint density at radius 3 is 2.66 bits per heavy atom. The minimum atomic E-state index is -0.191. The van der Waals surface area contributed by atoms with E-state index in [0.29, 0.717) is 39.9 Å². The number of amides is 1. The highest BCUT2D eigenvalue weighted by molar-refractivity contribution is 7.80. The lowest BCUT2D eigenvalue weighted by Gasteiger charge is -2.19. The molecule has 1 fully saturated rings. The van der Waals surface area contributed by atoms with Crippen molar-refractivity contribution in [2.75, 3.05) is 25.5 Å². The molecule has 0 saturated carbocycles. The van der Waals surface area contributed by atoms with Crippen molar-refractivity contribution < 1.29 is 14.3 Å². The number of ether oxygens (including phenoxy) is 2. The van der Waals surface area contributed by atoms with E-state index >= 15 is 0 Å². The summed E-state index contributed by atoms with van der Waals surface area (Å²) in [6.07, 6.45) is 4.69. The van der Waals surface area contributed by atoms with E-state index in [1.807, 2.05) is 12.1 Å². The Labute approximate surface area is 197 Å². The normalized spacial score (nSPS) is 13.3. The zero-order chi connectivity index (χ0) is 22.7. The van der Waals surface area contributed by atoms with Crippen molar-refractivity contribution in [3.05, 3.63) is 53.2 Å². The number of anilines is 1. The van der Waals surface area contributed by atoms with Gasteiger partial charge < -0.3 is 19.7 Å². The third kappa shape index (κ3) is 4.95. The van der Waals surface area contributed by atoms with Crippen molar-refractivity contribution in [2.24, 2.45) is 0 Å². The summed E-state index contributed by atoms with van der Waals surface area (Å²) in [5, 5.41) is 4.14. The highest BCUT2D eigenvalue weighted by atomic mass is 35.5. The molecule has 166 valence electrons. The molecule has 1 N–H and O–H groups in total. The number of halogens is 1. The number of nitrogens with zero attached hydrogens (tertiary/aromatic N) is 2. The van der Waals surface area contributed by atoms with Crippen molar-refractivity contribution >= 4 is 51.3 Å². The maximum atomic E-state index is 11.6. The van der Waals surface area contributed by atoms with E-state index in [0.717, 1.165) is 29.0 Å². The van der Waals surface area contributed by atoms with Crippen molar-refractivity contribution in [3.8, 4) is 17.2 Å². The van der Waals surface area contributed by atoms with Crippen LogP contribution < -0.4 is 14.8 Å². The van der Waals surface area contributed by atoms with Crippen LogP contribution in [0.1, 0.15) is 25.3 Å². The molecule has 1 aliphatic rings. The number of fused-ring (bicyclic) bond motifs is 1. The SMILES string of the molecule is COc1cc2nccc(Oc3ccc(CC(=S)N4CCCC4)c(Cl)c3)c2cc1NC(C)=O. The molecule has 32 heavy (non-hydrogen) atoms. The number of benzene rings is 2. The van der Waals surface area contributed by atoms with Crippen LogP contribution in [0.5, 0.6) is 17.2 Å². The van der Waals surface area contributed by atoms with Gasteiger partial charge in [-0.2, -0.15) is 0 Å².